The summed E-state index contributed by atoms with van der Waals surface area (Å²) in [5.74, 6) is 0.0276. The van der Waals surface area contributed by atoms with Crippen LogP contribution in [-0.2, 0) is 31.5 Å². The van der Waals surface area contributed by atoms with Crippen molar-refractivity contribution in [2.75, 3.05) is 0 Å². The number of thiophene rings is 1. The fraction of sp³-hybridized carbons (Fsp3) is 0.594. The van der Waals surface area contributed by atoms with Crippen molar-refractivity contribution in [3.05, 3.63) is 57.3 Å². The van der Waals surface area contributed by atoms with E-state index in [-0.39, 0.29) is 16.5 Å². The Bertz CT molecular complexity index is 1150. The van der Waals surface area contributed by atoms with E-state index in [1.165, 1.54) is 5.57 Å². The van der Waals surface area contributed by atoms with Crippen LogP contribution in [0.25, 0.3) is 5.57 Å². The smallest absolute Gasteiger partial charge is 0.303 e. The van der Waals surface area contributed by atoms with Gasteiger partial charge in [0.05, 0.1) is 11.2 Å². The Morgan fingerprint density at radius 3 is 2.00 bits per heavy atom. The van der Waals surface area contributed by atoms with Crippen LogP contribution in [0.15, 0.2) is 35.7 Å². The van der Waals surface area contributed by atoms with Crippen LogP contribution in [0.5, 0.6) is 5.75 Å². The summed E-state index contributed by atoms with van der Waals surface area (Å²) in [6.45, 7) is 24.3. The molecule has 0 aliphatic rings. The number of ether oxygens (including phenoxy) is 1. The number of aliphatic carboxylic acids is 1. The lowest BCUT2D eigenvalue weighted by molar-refractivity contribution is -0.136. The Morgan fingerprint density at radius 2 is 1.48 bits per heavy atom. The van der Waals surface area contributed by atoms with E-state index in [1.54, 1.807) is 11.3 Å². The average Bonchev–Trinajstić information content (AvgIpc) is 3.31. The van der Waals surface area contributed by atoms with Crippen molar-refractivity contribution < 1.29 is 23.5 Å². The molecule has 0 amide bonds. The molecule has 220 valence electrons. The number of benzene rings is 1. The van der Waals surface area contributed by atoms with E-state index in [1.807, 2.05) is 12.1 Å². The molecule has 40 heavy (non-hydrogen) atoms. The van der Waals surface area contributed by atoms with Crippen molar-refractivity contribution in [1.82, 2.24) is 0 Å². The maximum atomic E-state index is 10.9. The summed E-state index contributed by atoms with van der Waals surface area (Å²) in [5, 5.41) is 11.2. The first kappa shape index (κ1) is 34.5. The van der Waals surface area contributed by atoms with Crippen molar-refractivity contribution in [3.63, 3.8) is 0 Å². The fourth-order valence-corrected chi connectivity index (χ4v) is 6.09. The van der Waals surface area contributed by atoms with Crippen molar-refractivity contribution in [2.45, 2.75) is 123 Å². The molecule has 0 aliphatic heterocycles. The zero-order valence-electron chi connectivity index (χ0n) is 26.3. The second-order valence-electron chi connectivity index (χ2n) is 13.2. The van der Waals surface area contributed by atoms with Crippen molar-refractivity contribution >= 4 is 42.4 Å². The van der Waals surface area contributed by atoms with Crippen LogP contribution in [-0.4, -0.2) is 30.6 Å². The van der Waals surface area contributed by atoms with E-state index < -0.39 is 17.2 Å². The van der Waals surface area contributed by atoms with E-state index in [4.69, 9.17) is 18.7 Å². The fourth-order valence-electron chi connectivity index (χ4n) is 3.92. The topological polar surface area (TPSA) is 65.0 Å². The molecule has 1 heterocycles. The van der Waals surface area contributed by atoms with Crippen LogP contribution in [0.3, 0.4) is 0 Å². The van der Waals surface area contributed by atoms with Gasteiger partial charge >= 0.3 is 5.97 Å². The van der Waals surface area contributed by atoms with Crippen LogP contribution < -0.4 is 4.74 Å². The van der Waals surface area contributed by atoms with Gasteiger partial charge in [-0.25, -0.2) is 0 Å². The van der Waals surface area contributed by atoms with Gasteiger partial charge in [-0.1, -0.05) is 60.6 Å². The number of carbonyl (C=O) groups is 1. The standard InChI is InChI=1S/C32H48O5SSi2/c1-12-22(14-13-15-28(33)34)23-18-25(38-21-23)20-35-24-16-17-26(31(8,9)36-39-29(2,3)4)27(19-24)32(10,11)37-40-30(5,6)7/h14,16-19,21H,12-13,15,20H2,1-11H3,(H,33,34). The molecule has 4 radical (unpaired) electrons. The molecule has 5 nitrogen and oxygen atoms in total. The molecule has 0 atom stereocenters. The molecule has 0 bridgehead atoms. The second-order valence-corrected chi connectivity index (χ2v) is 18.1. The molecule has 2 aromatic rings. The Morgan fingerprint density at radius 1 is 0.900 bits per heavy atom. The van der Waals surface area contributed by atoms with Crippen molar-refractivity contribution in [1.29, 1.82) is 0 Å². The van der Waals surface area contributed by atoms with Gasteiger partial charge in [0.2, 0.25) is 19.5 Å². The third kappa shape index (κ3) is 11.3. The number of hydrogen-bond acceptors (Lipinski definition) is 5. The summed E-state index contributed by atoms with van der Waals surface area (Å²) in [4.78, 5) is 12.0. The molecule has 8 heteroatoms. The van der Waals surface area contributed by atoms with Crippen molar-refractivity contribution in [3.8, 4) is 5.75 Å². The van der Waals surface area contributed by atoms with Gasteiger partial charge in [-0.05, 0) is 96.5 Å². The molecule has 1 N–H and O–H groups in total. The maximum Gasteiger partial charge on any atom is 0.303 e. The first-order chi connectivity index (χ1) is 18.3. The molecule has 0 saturated carbocycles. The van der Waals surface area contributed by atoms with Crippen LogP contribution in [0.2, 0.25) is 10.1 Å². The van der Waals surface area contributed by atoms with E-state index in [2.05, 4.69) is 99.7 Å². The van der Waals surface area contributed by atoms with E-state index >= 15 is 0 Å². The maximum absolute atomic E-state index is 10.9. The summed E-state index contributed by atoms with van der Waals surface area (Å²) in [7, 11) is 0.712. The molecular formula is C32H48O5SSi2. The highest BCUT2D eigenvalue weighted by atomic mass is 32.1. The third-order valence-electron chi connectivity index (χ3n) is 6.05. The van der Waals surface area contributed by atoms with Crippen molar-refractivity contribution in [2.24, 2.45) is 0 Å². The van der Waals surface area contributed by atoms with Gasteiger partial charge in [0.1, 0.15) is 12.4 Å². The number of carboxylic acids is 1. The summed E-state index contributed by atoms with van der Waals surface area (Å²) < 4.78 is 19.4. The highest BCUT2D eigenvalue weighted by Crippen LogP contribution is 2.40. The van der Waals surface area contributed by atoms with E-state index in [0.29, 0.717) is 32.6 Å². The zero-order valence-corrected chi connectivity index (χ0v) is 29.1. The lowest BCUT2D eigenvalue weighted by atomic mass is 9.85. The minimum absolute atomic E-state index is 0.0709. The van der Waals surface area contributed by atoms with Crippen LogP contribution in [0, 0.1) is 0 Å². The largest absolute Gasteiger partial charge is 0.488 e. The normalized spacial score (nSPS) is 13.5. The summed E-state index contributed by atoms with van der Waals surface area (Å²) >= 11 is 1.66. The van der Waals surface area contributed by atoms with Gasteiger partial charge in [-0.2, -0.15) is 0 Å². The first-order valence-corrected chi connectivity index (χ1v) is 16.7. The van der Waals surface area contributed by atoms with Crippen LogP contribution in [0.1, 0.15) is 117 Å². The molecule has 0 unspecified atom stereocenters. The molecule has 0 aliphatic carbocycles. The van der Waals surface area contributed by atoms with Gasteiger partial charge in [0.25, 0.3) is 0 Å². The average molecular weight is 601 g/mol. The Balaban J connectivity index is 2.31. The van der Waals surface area contributed by atoms with Gasteiger partial charge in [-0.15, -0.1) is 11.3 Å². The third-order valence-corrected chi connectivity index (χ3v) is 9.41. The summed E-state index contributed by atoms with van der Waals surface area (Å²) in [6.07, 6.45) is 3.59. The molecule has 0 spiro atoms. The summed E-state index contributed by atoms with van der Waals surface area (Å²) in [5.41, 5.74) is 3.48. The Labute approximate surface area is 251 Å². The number of carboxylic acid groups (broad SMARTS) is 1. The second kappa shape index (κ2) is 14.0. The van der Waals surface area contributed by atoms with E-state index in [9.17, 15) is 4.79 Å². The number of rotatable bonds is 14. The lowest BCUT2D eigenvalue weighted by Gasteiger charge is -2.37. The van der Waals surface area contributed by atoms with Crippen LogP contribution >= 0.6 is 11.3 Å². The Hall–Kier alpha value is -1.72. The molecule has 1 aromatic heterocycles. The summed E-state index contributed by atoms with van der Waals surface area (Å²) in [6, 6.07) is 8.43. The van der Waals surface area contributed by atoms with Gasteiger partial charge in [-0.3, -0.25) is 4.79 Å². The molecule has 0 saturated heterocycles. The number of hydrogen-bond donors (Lipinski definition) is 1. The molecular weight excluding hydrogens is 553 g/mol. The highest BCUT2D eigenvalue weighted by Gasteiger charge is 2.34. The van der Waals surface area contributed by atoms with Gasteiger partial charge < -0.3 is 18.7 Å². The van der Waals surface area contributed by atoms with Gasteiger partial charge in [0.15, 0.2) is 0 Å². The monoisotopic (exact) mass is 600 g/mol. The number of allylic oxidation sites excluding steroid dienone is 2. The molecule has 2 rings (SSSR count). The quantitative estimate of drug-likeness (QED) is 0.219. The van der Waals surface area contributed by atoms with Gasteiger partial charge in [0, 0.05) is 11.3 Å². The lowest BCUT2D eigenvalue weighted by Crippen LogP contribution is -2.34. The van der Waals surface area contributed by atoms with E-state index in [0.717, 1.165) is 33.7 Å². The molecule has 1 aromatic carbocycles. The minimum Gasteiger partial charge on any atom is -0.488 e. The zero-order chi connectivity index (χ0) is 30.4. The predicted octanol–water partition coefficient (Wildman–Crippen LogP) is 9.16. The van der Waals surface area contributed by atoms with Crippen LogP contribution in [0.4, 0.5) is 0 Å². The molecule has 0 fully saturated rings. The minimum atomic E-state index is -0.770. The predicted molar refractivity (Wildman–Crippen MR) is 169 cm³/mol. The SMILES string of the molecule is CCC(=CCCC(=O)O)c1csc(COc2ccc(C(C)(C)O[Si]C(C)(C)C)c(C(C)(C)O[Si]C(C)(C)C)c2)c1. The highest BCUT2D eigenvalue weighted by molar-refractivity contribution is 7.10. The Kier molecular flexibility index (Phi) is 12.0. The first-order valence-electron chi connectivity index (χ1n) is 14.0.